The first kappa shape index (κ1) is 77.9. The first-order valence-electron chi connectivity index (χ1n) is 43.0. The molecule has 0 aliphatic heterocycles. The molecule has 0 bridgehead atoms. The van der Waals surface area contributed by atoms with Crippen LogP contribution in [0.3, 0.4) is 0 Å². The molecule has 0 N–H and O–H groups in total. The number of hydrogen-bond donors (Lipinski definition) is 0. The lowest BCUT2D eigenvalue weighted by atomic mass is 9.81. The smallest absolute Gasteiger partial charge is 0.201 e. The maximum absolute atomic E-state index is 2.50. The largest absolute Gasteiger partial charge is 0.213 e. The molecule has 8 aliphatic carbocycles. The van der Waals surface area contributed by atoms with Crippen molar-refractivity contribution in [1.29, 1.82) is 0 Å². The van der Waals surface area contributed by atoms with Gasteiger partial charge in [0.1, 0.15) is 28.2 Å². The molecule has 0 spiro atoms. The molecule has 20 rings (SSSR count). The molecule has 115 heavy (non-hydrogen) atoms. The van der Waals surface area contributed by atoms with Gasteiger partial charge in [0.25, 0.3) is 0 Å². The highest BCUT2D eigenvalue weighted by Gasteiger charge is 2.50. The van der Waals surface area contributed by atoms with E-state index in [1.165, 1.54) is 243 Å². The van der Waals surface area contributed by atoms with Gasteiger partial charge in [0.05, 0.1) is 22.3 Å². The third-order valence-corrected chi connectivity index (χ3v) is 29.1. The maximum atomic E-state index is 2.50. The van der Waals surface area contributed by atoms with E-state index >= 15 is 0 Å². The van der Waals surface area contributed by atoms with Gasteiger partial charge < -0.3 is 0 Å². The molecule has 586 valence electrons. The second kappa shape index (κ2) is 26.7. The summed E-state index contributed by atoms with van der Waals surface area (Å²) in [4.78, 5) is 0. The third kappa shape index (κ3) is 12.6. The van der Waals surface area contributed by atoms with Gasteiger partial charge in [-0.2, -0.15) is 0 Å². The summed E-state index contributed by atoms with van der Waals surface area (Å²) < 4.78 is 9.50. The molecule has 0 unspecified atom stereocenters. The quantitative estimate of drug-likeness (QED) is 0.156. The number of rotatable bonds is 4. The Kier molecular flexibility index (Phi) is 18.1. The van der Waals surface area contributed by atoms with E-state index in [1.807, 2.05) is 0 Å². The van der Waals surface area contributed by atoms with Crippen LogP contribution in [0, 0.1) is 48.5 Å². The van der Waals surface area contributed by atoms with Crippen LogP contribution in [-0.2, 0) is 97.2 Å². The summed E-state index contributed by atoms with van der Waals surface area (Å²) >= 11 is 0. The van der Waals surface area contributed by atoms with Gasteiger partial charge in [-0.15, -0.1) is 0 Å². The first-order valence-corrected chi connectivity index (χ1v) is 43.0. The number of aryl methyl sites for hydroxylation is 11. The molecule has 0 saturated heterocycles. The molecule has 4 aromatic heterocycles. The van der Waals surface area contributed by atoms with Gasteiger partial charge in [-0.05, 0) is 288 Å². The van der Waals surface area contributed by atoms with Crippen LogP contribution in [0.15, 0.2) is 176 Å². The fourth-order valence-corrected chi connectivity index (χ4v) is 24.8. The van der Waals surface area contributed by atoms with Crippen LogP contribution in [0.5, 0.6) is 0 Å². The number of benzene rings is 8. The number of aromatic nitrogens is 4. The normalized spacial score (nSPS) is 17.8. The molecular weight excluding hydrogens is 1390 g/mol. The van der Waals surface area contributed by atoms with E-state index in [1.54, 1.807) is 0 Å². The van der Waals surface area contributed by atoms with Crippen molar-refractivity contribution in [3.05, 3.63) is 304 Å². The van der Waals surface area contributed by atoms with E-state index in [9.17, 15) is 0 Å². The van der Waals surface area contributed by atoms with Gasteiger partial charge in [0.2, 0.25) is 22.8 Å². The molecule has 0 saturated carbocycles. The minimum absolute atomic E-state index is 0.215. The molecule has 0 amide bonds. The monoisotopic (exact) mass is 1510 g/mol. The fraction of sp³-hybridized carbons (Fsp3) is 0.387. The summed E-state index contributed by atoms with van der Waals surface area (Å²) in [7, 11) is 8.90. The van der Waals surface area contributed by atoms with Crippen molar-refractivity contribution >= 4 is 0 Å². The van der Waals surface area contributed by atoms with Gasteiger partial charge in [0.15, 0.2) is 24.8 Å². The molecular formula is C111H126N4+4. The van der Waals surface area contributed by atoms with Crippen molar-refractivity contribution in [3.8, 4) is 89.5 Å². The summed E-state index contributed by atoms with van der Waals surface area (Å²) in [6.07, 6.45) is 18.6. The Balaban J connectivity index is 0.000000111. The molecule has 0 fully saturated rings. The highest BCUT2D eigenvalue weighted by molar-refractivity contribution is 5.90. The molecule has 8 aliphatic rings. The van der Waals surface area contributed by atoms with Crippen LogP contribution < -0.4 is 18.3 Å². The average Bonchev–Trinajstić information content (AvgIpc) is 1.61. The summed E-state index contributed by atoms with van der Waals surface area (Å²) in [5.74, 6) is 0. The zero-order valence-corrected chi connectivity index (χ0v) is 74.7. The lowest BCUT2D eigenvalue weighted by Crippen LogP contribution is -2.34. The van der Waals surface area contributed by atoms with Crippen LogP contribution >= 0.6 is 0 Å². The van der Waals surface area contributed by atoms with Crippen LogP contribution in [0.1, 0.15) is 264 Å². The highest BCUT2D eigenvalue weighted by atomic mass is 14.9. The van der Waals surface area contributed by atoms with Gasteiger partial charge in [0, 0.05) is 46.5 Å². The van der Waals surface area contributed by atoms with Crippen LogP contribution in [-0.4, -0.2) is 0 Å². The summed E-state index contributed by atoms with van der Waals surface area (Å²) in [5, 5.41) is 0. The molecule has 4 heteroatoms. The molecule has 4 heterocycles. The van der Waals surface area contributed by atoms with E-state index in [0.717, 1.165) is 25.7 Å². The second-order valence-electron chi connectivity index (χ2n) is 42.0. The lowest BCUT2D eigenvalue weighted by Gasteiger charge is -2.22. The molecule has 0 atom stereocenters. The topological polar surface area (TPSA) is 15.5 Å². The molecule has 12 aromatic rings. The van der Waals surface area contributed by atoms with Crippen molar-refractivity contribution in [3.63, 3.8) is 0 Å². The van der Waals surface area contributed by atoms with E-state index in [2.05, 4.69) is 382 Å². The van der Waals surface area contributed by atoms with Gasteiger partial charge >= 0.3 is 0 Å². The summed E-state index contributed by atoms with van der Waals surface area (Å²) in [6.45, 7) is 54.2. The number of nitrogens with zero attached hydrogens (tertiary/aromatic N) is 4. The Morgan fingerprint density at radius 1 is 0.217 bits per heavy atom. The van der Waals surface area contributed by atoms with Crippen molar-refractivity contribution in [2.45, 2.75) is 254 Å². The Morgan fingerprint density at radius 2 is 0.522 bits per heavy atom. The van der Waals surface area contributed by atoms with Crippen LogP contribution in [0.4, 0.5) is 0 Å². The number of hydrogen-bond acceptors (Lipinski definition) is 0. The third-order valence-electron chi connectivity index (χ3n) is 29.1. The fourth-order valence-electron chi connectivity index (χ4n) is 24.8. The van der Waals surface area contributed by atoms with Crippen molar-refractivity contribution in [2.75, 3.05) is 0 Å². The molecule has 8 aromatic carbocycles. The zero-order valence-electron chi connectivity index (χ0n) is 74.7. The predicted octanol–water partition coefficient (Wildman–Crippen LogP) is 25.0. The number of pyridine rings is 4. The number of fused-ring (bicyclic) bond motifs is 16. The van der Waals surface area contributed by atoms with Gasteiger partial charge in [-0.1, -0.05) is 244 Å². The summed E-state index contributed by atoms with van der Waals surface area (Å²) in [5.41, 5.74) is 58.0. The van der Waals surface area contributed by atoms with E-state index in [-0.39, 0.29) is 43.3 Å². The minimum atomic E-state index is 0.215. The van der Waals surface area contributed by atoms with Crippen LogP contribution in [0.25, 0.3) is 89.5 Å². The standard InChI is InChI=1S/3C28H32N.C27H30N/c1-17-8-10-19-13-22-20(21(19)12-17)11-9-18(2)26(22)25-14-23-24(15-29(25)7)28(5,6)16-27(23,3)4;1-17-9-8-10-19-13-21-20(25(17)19)12-11-18(2)26(21)24-14-22-23(15-29(24)7)28(5,6)16-27(22,3)4;1-17-12-18(2)26(21-13-19-10-8-9-11-20(19)25(17)21)24-14-22-23(15-29(24)7)28(5,6)16-27(22,3)4;1-17-11-12-20-19-10-8-7-9-18(19)13-21(20)25(17)24-14-22-23(15-28(24)6)27(4,5)16-26(22,2)3/h3*8-12,14-15H,13,16H2,1-7H3;7-12,14-15H,13,16H2,1-6H3/q4*+1. The SMILES string of the molecule is Cc1cc(C)c(-c2cc3c(c[n+]2C)C(C)(C)CC3(C)C)c2c1-c1ccccc1C2.Cc1ccc2c(c1)-c1ccc(C)c(-c3cc4c(c[n+]3C)C(C)(C)CC4(C)C)c1C2.Cc1ccc2c(c1-c1cc3c(c[n+]1C)C(C)(C)CC3(C)C)Cc1ccccc1-2.Cc1cccc2c1-c1ccc(C)c(-c3cc4c(c[n+]3C)C(C)(C)CC4(C)C)c1C2. The van der Waals surface area contributed by atoms with Crippen molar-refractivity contribution < 1.29 is 18.3 Å². The summed E-state index contributed by atoms with van der Waals surface area (Å²) in [6, 6.07) is 57.8. The van der Waals surface area contributed by atoms with Crippen molar-refractivity contribution in [1.82, 2.24) is 0 Å². The van der Waals surface area contributed by atoms with Crippen LogP contribution in [0.2, 0.25) is 0 Å². The highest BCUT2D eigenvalue weighted by Crippen LogP contribution is 2.57. The predicted molar refractivity (Wildman–Crippen MR) is 481 cm³/mol. The maximum Gasteiger partial charge on any atom is 0.213 e. The Hall–Kier alpha value is -9.64. The minimum Gasteiger partial charge on any atom is -0.201 e. The Labute approximate surface area is 689 Å². The average molecular weight is 1520 g/mol. The van der Waals surface area contributed by atoms with E-state index < -0.39 is 0 Å². The first-order chi connectivity index (χ1) is 54.0. The van der Waals surface area contributed by atoms with E-state index in [0.29, 0.717) is 0 Å². The lowest BCUT2D eigenvalue weighted by molar-refractivity contribution is -0.661. The Morgan fingerprint density at radius 3 is 0.948 bits per heavy atom. The second-order valence-corrected chi connectivity index (χ2v) is 42.0. The zero-order chi connectivity index (χ0) is 82.0. The van der Waals surface area contributed by atoms with Crippen molar-refractivity contribution in [2.24, 2.45) is 28.2 Å². The molecule has 0 radical (unpaired) electrons. The van der Waals surface area contributed by atoms with Gasteiger partial charge in [-0.3, -0.25) is 0 Å². The van der Waals surface area contributed by atoms with Gasteiger partial charge in [-0.25, -0.2) is 18.3 Å². The Bertz CT molecular complexity index is 6160. The van der Waals surface area contributed by atoms with E-state index in [4.69, 9.17) is 0 Å². The molecule has 4 nitrogen and oxygen atoms in total.